The summed E-state index contributed by atoms with van der Waals surface area (Å²) in [4.78, 5) is 24.9. The van der Waals surface area contributed by atoms with Crippen LogP contribution in [-0.4, -0.2) is 30.5 Å². The number of ether oxygens (including phenoxy) is 1. The molecule has 1 N–H and O–H groups in total. The van der Waals surface area contributed by atoms with E-state index in [1.807, 2.05) is 24.3 Å². The molecule has 1 amide bonds. The highest BCUT2D eigenvalue weighted by Crippen LogP contribution is 2.26. The van der Waals surface area contributed by atoms with Crippen LogP contribution >= 0.6 is 0 Å². The molecule has 1 heterocycles. The maximum absolute atomic E-state index is 12.1. The number of nitrogens with zero attached hydrogens (tertiary/aromatic N) is 2. The van der Waals surface area contributed by atoms with Gasteiger partial charge in [0.2, 0.25) is 5.91 Å². The van der Waals surface area contributed by atoms with Crippen LogP contribution in [0.5, 0.6) is 5.75 Å². The van der Waals surface area contributed by atoms with Crippen molar-refractivity contribution >= 4 is 23.0 Å². The number of carbonyl (C=O) groups is 1. The third-order valence-electron chi connectivity index (χ3n) is 4.74. The molecule has 1 fully saturated rings. The van der Waals surface area contributed by atoms with Crippen molar-refractivity contribution in [3.8, 4) is 5.75 Å². The number of carbonyl (C=O) groups excluding carboxylic acids is 1. The molecule has 0 saturated carbocycles. The molecule has 0 aromatic heterocycles. The molecule has 148 valence electrons. The van der Waals surface area contributed by atoms with Crippen LogP contribution < -0.4 is 15.0 Å². The predicted octanol–water partition coefficient (Wildman–Crippen LogP) is 4.38. The number of amides is 1. The van der Waals surface area contributed by atoms with Crippen molar-refractivity contribution in [3.63, 3.8) is 0 Å². The van der Waals surface area contributed by atoms with Gasteiger partial charge in [0.1, 0.15) is 0 Å². The molecule has 28 heavy (non-hydrogen) atoms. The van der Waals surface area contributed by atoms with Crippen LogP contribution in [0, 0.1) is 10.1 Å². The van der Waals surface area contributed by atoms with E-state index < -0.39 is 4.92 Å². The summed E-state index contributed by atoms with van der Waals surface area (Å²) in [5.74, 6) is 0.123. The van der Waals surface area contributed by atoms with Crippen molar-refractivity contribution in [1.82, 2.24) is 0 Å². The van der Waals surface area contributed by atoms with Crippen molar-refractivity contribution in [2.75, 3.05) is 29.9 Å². The minimum Gasteiger partial charge on any atom is -0.487 e. The molecule has 0 aliphatic carbocycles. The molecular formula is C21H25N3O4. The smallest absolute Gasteiger partial charge is 0.310 e. The maximum Gasteiger partial charge on any atom is 0.310 e. The number of hydrogen-bond acceptors (Lipinski definition) is 5. The zero-order valence-corrected chi connectivity index (χ0v) is 15.8. The Hall–Kier alpha value is -3.09. The van der Waals surface area contributed by atoms with Crippen molar-refractivity contribution in [1.29, 1.82) is 0 Å². The quantitative estimate of drug-likeness (QED) is 0.415. The van der Waals surface area contributed by atoms with Crippen LogP contribution in [0.25, 0.3) is 0 Å². The summed E-state index contributed by atoms with van der Waals surface area (Å²) in [7, 11) is 0. The Morgan fingerprint density at radius 3 is 2.50 bits per heavy atom. The third-order valence-corrected chi connectivity index (χ3v) is 4.74. The Morgan fingerprint density at radius 1 is 1.07 bits per heavy atom. The second-order valence-electron chi connectivity index (χ2n) is 6.82. The molecule has 3 rings (SSSR count). The number of nitrogens with one attached hydrogen (secondary N) is 1. The van der Waals surface area contributed by atoms with Crippen molar-refractivity contribution in [3.05, 3.63) is 58.6 Å². The molecule has 1 aliphatic rings. The summed E-state index contributed by atoms with van der Waals surface area (Å²) < 4.78 is 5.45. The van der Waals surface area contributed by atoms with Crippen molar-refractivity contribution < 1.29 is 14.5 Å². The molecule has 0 unspecified atom stereocenters. The summed E-state index contributed by atoms with van der Waals surface area (Å²) in [5.41, 5.74) is 1.89. The fourth-order valence-electron chi connectivity index (χ4n) is 3.28. The lowest BCUT2D eigenvalue weighted by Gasteiger charge is -2.28. The van der Waals surface area contributed by atoms with E-state index in [9.17, 15) is 14.9 Å². The Kier molecular flexibility index (Phi) is 6.84. The lowest BCUT2D eigenvalue weighted by atomic mass is 10.1. The first kappa shape index (κ1) is 19.7. The minimum absolute atomic E-state index is 0.0688. The molecule has 1 aliphatic heterocycles. The molecule has 2 aromatic carbocycles. The predicted molar refractivity (Wildman–Crippen MR) is 109 cm³/mol. The van der Waals surface area contributed by atoms with Crippen molar-refractivity contribution in [2.45, 2.75) is 32.1 Å². The highest BCUT2D eigenvalue weighted by atomic mass is 16.6. The molecule has 1 saturated heterocycles. The van der Waals surface area contributed by atoms with Crippen LogP contribution in [0.4, 0.5) is 17.1 Å². The normalized spacial score (nSPS) is 13.8. The third kappa shape index (κ3) is 5.45. The first-order valence-corrected chi connectivity index (χ1v) is 9.64. The van der Waals surface area contributed by atoms with Crippen molar-refractivity contribution in [2.24, 2.45) is 0 Å². The van der Waals surface area contributed by atoms with Gasteiger partial charge in [0.25, 0.3) is 0 Å². The largest absolute Gasteiger partial charge is 0.487 e. The topological polar surface area (TPSA) is 84.7 Å². The van der Waals surface area contributed by atoms with Crippen LogP contribution in [0.3, 0.4) is 0 Å². The molecule has 7 heteroatoms. The SMILES string of the molecule is O=C(CCCOc1ccccc1[N+](=O)[O-])Nc1ccc(N2CCCCC2)cc1. The van der Waals surface area contributed by atoms with Gasteiger partial charge in [0.15, 0.2) is 5.75 Å². The van der Waals surface area contributed by atoms with E-state index in [1.165, 1.54) is 31.0 Å². The summed E-state index contributed by atoms with van der Waals surface area (Å²) in [6.07, 6.45) is 4.52. The fraction of sp³-hybridized carbons (Fsp3) is 0.381. The van der Waals surface area contributed by atoms with Gasteiger partial charge in [0.05, 0.1) is 11.5 Å². The van der Waals surface area contributed by atoms with Gasteiger partial charge in [-0.25, -0.2) is 0 Å². The maximum atomic E-state index is 12.1. The van der Waals surface area contributed by atoms with Gasteiger partial charge in [-0.3, -0.25) is 14.9 Å². The van der Waals surface area contributed by atoms with Crippen LogP contribution in [0.2, 0.25) is 0 Å². The van der Waals surface area contributed by atoms with Gasteiger partial charge in [-0.15, -0.1) is 0 Å². The molecule has 2 aromatic rings. The number of piperidine rings is 1. The highest BCUT2D eigenvalue weighted by Gasteiger charge is 2.14. The zero-order chi connectivity index (χ0) is 19.8. The zero-order valence-electron chi connectivity index (χ0n) is 15.8. The molecule has 0 spiro atoms. The van der Waals surface area contributed by atoms with E-state index in [0.29, 0.717) is 6.42 Å². The van der Waals surface area contributed by atoms with Gasteiger partial charge >= 0.3 is 5.69 Å². The van der Waals surface area contributed by atoms with E-state index in [1.54, 1.807) is 18.2 Å². The highest BCUT2D eigenvalue weighted by molar-refractivity contribution is 5.90. The van der Waals surface area contributed by atoms with Crippen LogP contribution in [0.1, 0.15) is 32.1 Å². The van der Waals surface area contributed by atoms with E-state index in [4.69, 9.17) is 4.74 Å². The Morgan fingerprint density at radius 2 is 1.79 bits per heavy atom. The second kappa shape index (κ2) is 9.73. The van der Waals surface area contributed by atoms with Gasteiger partial charge < -0.3 is 15.0 Å². The molecule has 7 nitrogen and oxygen atoms in total. The first-order chi connectivity index (χ1) is 13.6. The number of benzene rings is 2. The molecule has 0 bridgehead atoms. The molecule has 0 atom stereocenters. The molecule has 0 radical (unpaired) electrons. The summed E-state index contributed by atoms with van der Waals surface area (Å²) in [6.45, 7) is 2.42. The number of anilines is 2. The average molecular weight is 383 g/mol. The Balaban J connectivity index is 1.41. The van der Waals surface area contributed by atoms with Crippen LogP contribution in [0.15, 0.2) is 48.5 Å². The Bertz CT molecular complexity index is 802. The summed E-state index contributed by atoms with van der Waals surface area (Å²) in [5, 5.41) is 13.8. The van der Waals surface area contributed by atoms with E-state index in [-0.39, 0.29) is 30.4 Å². The van der Waals surface area contributed by atoms with Gasteiger partial charge in [-0.05, 0) is 56.0 Å². The van der Waals surface area contributed by atoms with Gasteiger partial charge in [0, 0.05) is 37.0 Å². The first-order valence-electron chi connectivity index (χ1n) is 9.64. The summed E-state index contributed by atoms with van der Waals surface area (Å²) >= 11 is 0. The average Bonchev–Trinajstić information content (AvgIpc) is 2.72. The second-order valence-corrected chi connectivity index (χ2v) is 6.82. The van der Waals surface area contributed by atoms with Crippen LogP contribution in [-0.2, 0) is 4.79 Å². The lowest BCUT2D eigenvalue weighted by molar-refractivity contribution is -0.385. The number of para-hydroxylation sites is 2. The fourth-order valence-corrected chi connectivity index (χ4v) is 3.28. The number of hydrogen-bond donors (Lipinski definition) is 1. The summed E-state index contributed by atoms with van der Waals surface area (Å²) in [6, 6.07) is 14.2. The number of rotatable bonds is 8. The van der Waals surface area contributed by atoms with E-state index >= 15 is 0 Å². The minimum atomic E-state index is -0.477. The van der Waals surface area contributed by atoms with E-state index in [0.717, 1.165) is 18.8 Å². The number of nitro groups is 1. The van der Waals surface area contributed by atoms with Gasteiger partial charge in [-0.2, -0.15) is 0 Å². The lowest BCUT2D eigenvalue weighted by Crippen LogP contribution is -2.29. The van der Waals surface area contributed by atoms with Gasteiger partial charge in [-0.1, -0.05) is 12.1 Å². The molecular weight excluding hydrogens is 358 g/mol. The number of nitro benzene ring substituents is 1. The Labute approximate surface area is 164 Å². The standard InChI is InChI=1S/C21H25N3O4/c25-21(9-6-16-28-20-8-3-2-7-19(20)24(26)27)22-17-10-12-18(13-11-17)23-14-4-1-5-15-23/h2-3,7-8,10-13H,1,4-6,9,14-16H2,(H,22,25). The monoisotopic (exact) mass is 383 g/mol. The van der Waals surface area contributed by atoms with E-state index in [2.05, 4.69) is 10.2 Å².